The van der Waals surface area contributed by atoms with Crippen molar-refractivity contribution in [3.05, 3.63) is 90.3 Å². The third-order valence-corrected chi connectivity index (χ3v) is 8.02. The fourth-order valence-corrected chi connectivity index (χ4v) is 5.92. The molecule has 1 aliphatic rings. The maximum absolute atomic E-state index is 12.0. The zero-order valence-corrected chi connectivity index (χ0v) is 22.6. The Bertz CT molecular complexity index is 1860. The summed E-state index contributed by atoms with van der Waals surface area (Å²) in [6.07, 6.45) is 5.17. The second-order valence-corrected chi connectivity index (χ2v) is 10.9. The lowest BCUT2D eigenvalue weighted by molar-refractivity contribution is -0.128. The number of oxazole rings is 1. The van der Waals surface area contributed by atoms with Crippen molar-refractivity contribution < 1.29 is 13.9 Å². The Morgan fingerprint density at radius 3 is 2.83 bits per heavy atom. The zero-order valence-electron chi connectivity index (χ0n) is 21.8. The first-order valence-electron chi connectivity index (χ1n) is 13.1. The van der Waals surface area contributed by atoms with E-state index < -0.39 is 0 Å². The molecule has 0 bridgehead atoms. The number of rotatable bonds is 7. The van der Waals surface area contributed by atoms with Crippen molar-refractivity contribution in [1.82, 2.24) is 19.9 Å². The summed E-state index contributed by atoms with van der Waals surface area (Å²) < 4.78 is 13.1. The second kappa shape index (κ2) is 10.1. The average Bonchev–Trinajstić information content (AvgIpc) is 3.67. The minimum Gasteiger partial charge on any atom is -0.456 e. The minimum atomic E-state index is 0.217. The number of hydrogen-bond donors (Lipinski definition) is 1. The summed E-state index contributed by atoms with van der Waals surface area (Å²) in [5.41, 5.74) is 6.18. The summed E-state index contributed by atoms with van der Waals surface area (Å²) in [4.78, 5) is 28.7. The van der Waals surface area contributed by atoms with Crippen LogP contribution < -0.4 is 10.1 Å². The molecule has 2 aromatic carbocycles. The Kier molecular flexibility index (Phi) is 6.13. The molecule has 1 N–H and O–H groups in total. The van der Waals surface area contributed by atoms with E-state index in [1.807, 2.05) is 84.8 Å². The van der Waals surface area contributed by atoms with Crippen LogP contribution in [0.5, 0.6) is 11.5 Å². The van der Waals surface area contributed by atoms with Gasteiger partial charge in [0, 0.05) is 49.7 Å². The number of amides is 1. The quantitative estimate of drug-likeness (QED) is 0.222. The highest BCUT2D eigenvalue weighted by atomic mass is 32.1. The maximum Gasteiger partial charge on any atom is 0.300 e. The summed E-state index contributed by atoms with van der Waals surface area (Å²) in [7, 11) is 0. The number of likely N-dealkylation sites (tertiary alicyclic amines) is 1. The molecule has 0 unspecified atom stereocenters. The summed E-state index contributed by atoms with van der Waals surface area (Å²) in [5, 5.41) is 3.22. The van der Waals surface area contributed by atoms with Gasteiger partial charge < -0.3 is 19.4 Å². The topological polar surface area (TPSA) is 93.4 Å². The molecule has 0 radical (unpaired) electrons. The zero-order chi connectivity index (χ0) is 27.1. The van der Waals surface area contributed by atoms with Gasteiger partial charge in [0.05, 0.1) is 20.8 Å². The van der Waals surface area contributed by atoms with Gasteiger partial charge in [0.25, 0.3) is 6.01 Å². The summed E-state index contributed by atoms with van der Waals surface area (Å²) in [6, 6.07) is 22.0. The van der Waals surface area contributed by atoms with Gasteiger partial charge in [-0.2, -0.15) is 4.98 Å². The van der Waals surface area contributed by atoms with Gasteiger partial charge in [-0.3, -0.25) is 14.8 Å². The molecule has 198 valence electrons. The molecule has 4 aromatic heterocycles. The molecule has 8 nitrogen and oxygen atoms in total. The number of nitrogens with one attached hydrogen (secondary N) is 1. The van der Waals surface area contributed by atoms with E-state index in [4.69, 9.17) is 9.15 Å². The molecular weight excluding hydrogens is 522 g/mol. The van der Waals surface area contributed by atoms with Crippen molar-refractivity contribution in [2.45, 2.75) is 26.3 Å². The van der Waals surface area contributed by atoms with Crippen LogP contribution in [0.25, 0.3) is 31.9 Å². The number of benzene rings is 2. The molecule has 1 fully saturated rings. The van der Waals surface area contributed by atoms with Crippen LogP contribution in [-0.4, -0.2) is 32.3 Å². The SMILES string of the molecule is Cc1cccc(Nc2nc3cc(Oc4ccnc5cc(-c6ccc(CN7CCCC7=O)cn6)sc45)ccc3o2)c1. The minimum absolute atomic E-state index is 0.217. The van der Waals surface area contributed by atoms with Gasteiger partial charge in [0.1, 0.15) is 17.0 Å². The van der Waals surface area contributed by atoms with Gasteiger partial charge in [-0.05, 0) is 60.9 Å². The van der Waals surface area contributed by atoms with Gasteiger partial charge in [0.2, 0.25) is 5.91 Å². The third-order valence-electron chi connectivity index (χ3n) is 6.85. The van der Waals surface area contributed by atoms with Crippen LogP contribution in [0.1, 0.15) is 24.0 Å². The summed E-state index contributed by atoms with van der Waals surface area (Å²) >= 11 is 1.59. The monoisotopic (exact) mass is 547 g/mol. The molecule has 0 spiro atoms. The van der Waals surface area contributed by atoms with Crippen LogP contribution >= 0.6 is 11.3 Å². The third kappa shape index (κ3) is 4.87. The van der Waals surface area contributed by atoms with Crippen molar-refractivity contribution in [1.29, 1.82) is 0 Å². The number of carbonyl (C=O) groups excluding carboxylic acids is 1. The molecule has 5 heterocycles. The largest absolute Gasteiger partial charge is 0.456 e. The van der Waals surface area contributed by atoms with E-state index in [0.29, 0.717) is 41.6 Å². The number of aryl methyl sites for hydroxylation is 1. The Morgan fingerprint density at radius 2 is 2.00 bits per heavy atom. The van der Waals surface area contributed by atoms with Crippen molar-refractivity contribution in [2.24, 2.45) is 0 Å². The first-order chi connectivity index (χ1) is 19.6. The number of thiophene rings is 1. The number of hydrogen-bond acceptors (Lipinski definition) is 8. The van der Waals surface area contributed by atoms with Crippen LogP contribution in [0.15, 0.2) is 83.5 Å². The van der Waals surface area contributed by atoms with Crippen molar-refractivity contribution in [3.8, 4) is 22.1 Å². The Hall–Kier alpha value is -4.76. The van der Waals surface area contributed by atoms with Crippen LogP contribution in [0.3, 0.4) is 0 Å². The number of carbonyl (C=O) groups is 1. The Morgan fingerprint density at radius 1 is 1.05 bits per heavy atom. The lowest BCUT2D eigenvalue weighted by Gasteiger charge is -2.15. The van der Waals surface area contributed by atoms with Gasteiger partial charge in [-0.1, -0.05) is 18.2 Å². The molecule has 7 rings (SSSR count). The van der Waals surface area contributed by atoms with Crippen molar-refractivity contribution in [3.63, 3.8) is 0 Å². The van der Waals surface area contributed by atoms with E-state index in [2.05, 4.69) is 20.3 Å². The molecule has 1 amide bonds. The Labute approximate surface area is 234 Å². The smallest absolute Gasteiger partial charge is 0.300 e. The molecular formula is C31H25N5O3S. The predicted octanol–water partition coefficient (Wildman–Crippen LogP) is 7.47. The van der Waals surface area contributed by atoms with Gasteiger partial charge in [-0.25, -0.2) is 0 Å². The molecule has 1 saturated heterocycles. The molecule has 0 atom stereocenters. The summed E-state index contributed by atoms with van der Waals surface area (Å²) in [5.74, 6) is 1.59. The first-order valence-corrected chi connectivity index (χ1v) is 13.9. The van der Waals surface area contributed by atoms with Crippen LogP contribution in [0.2, 0.25) is 0 Å². The highest BCUT2D eigenvalue weighted by Crippen LogP contribution is 2.39. The van der Waals surface area contributed by atoms with E-state index >= 15 is 0 Å². The number of pyridine rings is 2. The average molecular weight is 548 g/mol. The molecule has 40 heavy (non-hydrogen) atoms. The normalized spacial score (nSPS) is 13.4. The second-order valence-electron chi connectivity index (χ2n) is 9.85. The number of ether oxygens (including phenoxy) is 1. The van der Waals surface area contributed by atoms with Crippen LogP contribution in [0, 0.1) is 6.92 Å². The highest BCUT2D eigenvalue weighted by molar-refractivity contribution is 7.22. The molecule has 0 aliphatic carbocycles. The molecule has 0 saturated carbocycles. The number of nitrogens with zero attached hydrogens (tertiary/aromatic N) is 4. The standard InChI is InChI=1S/C31H25N5O3S/c1-19-4-2-5-21(14-19)34-31-35-24-15-22(8-10-26(24)39-31)38-27-11-12-32-25-16-28(40-30(25)27)23-9-7-20(17-33-23)18-36-13-3-6-29(36)37/h2,4-5,7-12,14-17H,3,6,13,18H2,1H3,(H,34,35). The number of fused-ring (bicyclic) bond motifs is 2. The van der Waals surface area contributed by atoms with Gasteiger partial charge in [0.15, 0.2) is 5.58 Å². The van der Waals surface area contributed by atoms with E-state index in [-0.39, 0.29) is 5.91 Å². The van der Waals surface area contributed by atoms with Crippen molar-refractivity contribution >= 4 is 50.3 Å². The van der Waals surface area contributed by atoms with Crippen LogP contribution in [-0.2, 0) is 11.3 Å². The van der Waals surface area contributed by atoms with Gasteiger partial charge in [-0.15, -0.1) is 11.3 Å². The van der Waals surface area contributed by atoms with E-state index in [1.165, 1.54) is 0 Å². The summed E-state index contributed by atoms with van der Waals surface area (Å²) in [6.45, 7) is 3.47. The maximum atomic E-state index is 12.0. The molecule has 9 heteroatoms. The number of aromatic nitrogens is 3. The Balaban J connectivity index is 1.11. The number of anilines is 2. The fourth-order valence-electron chi connectivity index (χ4n) is 4.87. The highest BCUT2D eigenvalue weighted by Gasteiger charge is 2.20. The predicted molar refractivity (Wildman–Crippen MR) is 156 cm³/mol. The first kappa shape index (κ1) is 24.3. The fraction of sp³-hybridized carbons (Fsp3) is 0.161. The molecule has 1 aliphatic heterocycles. The van der Waals surface area contributed by atoms with E-state index in [1.54, 1.807) is 17.5 Å². The lowest BCUT2D eigenvalue weighted by Crippen LogP contribution is -2.23. The van der Waals surface area contributed by atoms with E-state index in [0.717, 1.165) is 50.6 Å². The van der Waals surface area contributed by atoms with Gasteiger partial charge >= 0.3 is 0 Å². The van der Waals surface area contributed by atoms with E-state index in [9.17, 15) is 4.79 Å². The van der Waals surface area contributed by atoms with Crippen LogP contribution in [0.4, 0.5) is 11.7 Å². The van der Waals surface area contributed by atoms with Crippen molar-refractivity contribution in [2.75, 3.05) is 11.9 Å². The lowest BCUT2D eigenvalue weighted by atomic mass is 10.2. The molecule has 6 aromatic rings.